The van der Waals surface area contributed by atoms with E-state index in [9.17, 15) is 4.79 Å². The largest absolute Gasteiger partial charge is 0.497 e. The Bertz CT molecular complexity index is 706. The molecule has 0 unspecified atom stereocenters. The van der Waals surface area contributed by atoms with Gasteiger partial charge in [0, 0.05) is 17.6 Å². The Morgan fingerprint density at radius 2 is 1.71 bits per heavy atom. The molecule has 0 fully saturated rings. The van der Waals surface area contributed by atoms with E-state index < -0.39 is 0 Å². The van der Waals surface area contributed by atoms with E-state index in [1.807, 2.05) is 49.4 Å². The van der Waals surface area contributed by atoms with Crippen LogP contribution in [0.4, 0.5) is 10.5 Å². The van der Waals surface area contributed by atoms with Crippen LogP contribution in [0.2, 0.25) is 0 Å². The zero-order valence-electron chi connectivity index (χ0n) is 15.1. The number of ether oxygens (including phenoxy) is 1. The summed E-state index contributed by atoms with van der Waals surface area (Å²) in [6, 6.07) is 13.6. The van der Waals surface area contributed by atoms with Crippen molar-refractivity contribution in [1.82, 2.24) is 5.32 Å². The van der Waals surface area contributed by atoms with Crippen LogP contribution in [-0.4, -0.2) is 19.7 Å². The molecule has 0 heterocycles. The first-order chi connectivity index (χ1) is 11.3. The van der Waals surface area contributed by atoms with Gasteiger partial charge in [0.15, 0.2) is 0 Å². The molecule has 0 aliphatic carbocycles. The predicted molar refractivity (Wildman–Crippen MR) is 99.0 cm³/mol. The van der Waals surface area contributed by atoms with Gasteiger partial charge < -0.3 is 15.4 Å². The van der Waals surface area contributed by atoms with Gasteiger partial charge in [0.25, 0.3) is 0 Å². The normalized spacial score (nSPS) is 11.0. The van der Waals surface area contributed by atoms with Gasteiger partial charge in [0.2, 0.25) is 0 Å². The first-order valence-electron chi connectivity index (χ1n) is 8.08. The second kappa shape index (κ2) is 7.39. The van der Waals surface area contributed by atoms with Crippen LogP contribution in [0.15, 0.2) is 42.5 Å². The number of rotatable bonds is 5. The number of amides is 2. The molecular weight excluding hydrogens is 300 g/mol. The molecule has 0 spiro atoms. The maximum absolute atomic E-state index is 12.1. The number of benzene rings is 2. The summed E-state index contributed by atoms with van der Waals surface area (Å²) in [7, 11) is 1.65. The van der Waals surface area contributed by atoms with Crippen LogP contribution in [0, 0.1) is 13.8 Å². The number of anilines is 1. The summed E-state index contributed by atoms with van der Waals surface area (Å²) < 4.78 is 5.18. The lowest BCUT2D eigenvalue weighted by atomic mass is 9.84. The minimum absolute atomic E-state index is 0.174. The van der Waals surface area contributed by atoms with Crippen molar-refractivity contribution in [2.75, 3.05) is 19.0 Å². The maximum Gasteiger partial charge on any atom is 0.319 e. The summed E-state index contributed by atoms with van der Waals surface area (Å²) in [5.41, 5.74) is 4.15. The lowest BCUT2D eigenvalue weighted by Crippen LogP contribution is -2.38. The summed E-state index contributed by atoms with van der Waals surface area (Å²) >= 11 is 0. The summed E-state index contributed by atoms with van der Waals surface area (Å²) in [4.78, 5) is 12.1. The average Bonchev–Trinajstić information content (AvgIpc) is 2.56. The molecule has 2 N–H and O–H groups in total. The highest BCUT2D eigenvalue weighted by Crippen LogP contribution is 2.24. The van der Waals surface area contributed by atoms with Crippen molar-refractivity contribution >= 4 is 11.7 Å². The minimum Gasteiger partial charge on any atom is -0.497 e. The summed E-state index contributed by atoms with van der Waals surface area (Å²) in [5.74, 6) is 0.829. The average molecular weight is 326 g/mol. The molecule has 0 saturated carbocycles. The number of aryl methyl sites for hydroxylation is 2. The van der Waals surface area contributed by atoms with Gasteiger partial charge in [-0.05, 0) is 54.8 Å². The predicted octanol–water partition coefficient (Wildman–Crippen LogP) is 4.41. The van der Waals surface area contributed by atoms with E-state index in [1.165, 1.54) is 5.56 Å². The van der Waals surface area contributed by atoms with Crippen LogP contribution in [-0.2, 0) is 5.41 Å². The Kier molecular flexibility index (Phi) is 5.50. The van der Waals surface area contributed by atoms with Gasteiger partial charge >= 0.3 is 6.03 Å². The highest BCUT2D eigenvalue weighted by atomic mass is 16.5. The van der Waals surface area contributed by atoms with E-state index in [2.05, 4.69) is 31.4 Å². The lowest BCUT2D eigenvalue weighted by molar-refractivity contribution is 0.249. The van der Waals surface area contributed by atoms with Gasteiger partial charge in [-0.1, -0.05) is 32.0 Å². The topological polar surface area (TPSA) is 50.4 Å². The van der Waals surface area contributed by atoms with Crippen LogP contribution in [0.1, 0.15) is 30.5 Å². The Morgan fingerprint density at radius 3 is 2.29 bits per heavy atom. The Labute approximate surface area is 144 Å². The third-order valence-electron chi connectivity index (χ3n) is 4.33. The first kappa shape index (κ1) is 17.9. The maximum atomic E-state index is 12.1. The number of carbonyl (C=O) groups excluding carboxylic acids is 1. The lowest BCUT2D eigenvalue weighted by Gasteiger charge is -2.26. The molecule has 2 rings (SSSR count). The molecule has 4 nitrogen and oxygen atoms in total. The summed E-state index contributed by atoms with van der Waals surface area (Å²) in [5, 5.41) is 5.83. The van der Waals surface area contributed by atoms with Gasteiger partial charge in [-0.2, -0.15) is 0 Å². The highest BCUT2D eigenvalue weighted by Gasteiger charge is 2.21. The highest BCUT2D eigenvalue weighted by molar-refractivity contribution is 5.89. The number of urea groups is 1. The number of hydrogen-bond acceptors (Lipinski definition) is 2. The molecule has 24 heavy (non-hydrogen) atoms. The van der Waals surface area contributed by atoms with Crippen LogP contribution >= 0.6 is 0 Å². The van der Waals surface area contributed by atoms with Crippen molar-refractivity contribution in [3.05, 3.63) is 59.2 Å². The van der Waals surface area contributed by atoms with Crippen LogP contribution in [0.25, 0.3) is 0 Å². The molecule has 0 saturated heterocycles. The zero-order chi connectivity index (χ0) is 17.7. The van der Waals surface area contributed by atoms with Gasteiger partial charge in [0.1, 0.15) is 5.75 Å². The SMILES string of the molecule is COc1ccc(C(C)(C)CNC(=O)Nc2ccc(C)c(C)c2)cc1. The standard InChI is InChI=1S/C20H26N2O2/c1-14-6-9-17(12-15(14)2)22-19(23)21-13-20(3,4)16-7-10-18(24-5)11-8-16/h6-12H,13H2,1-5H3,(H2,21,22,23). The summed E-state index contributed by atoms with van der Waals surface area (Å²) in [6.45, 7) is 8.83. The molecule has 0 radical (unpaired) electrons. The Morgan fingerprint density at radius 1 is 1.04 bits per heavy atom. The van der Waals surface area contributed by atoms with Crippen molar-refractivity contribution in [3.8, 4) is 5.75 Å². The van der Waals surface area contributed by atoms with Gasteiger partial charge in [-0.15, -0.1) is 0 Å². The van der Waals surface area contributed by atoms with Gasteiger partial charge in [0.05, 0.1) is 7.11 Å². The van der Waals surface area contributed by atoms with E-state index in [4.69, 9.17) is 4.74 Å². The molecule has 2 aromatic carbocycles. The number of methoxy groups -OCH3 is 1. The quantitative estimate of drug-likeness (QED) is 0.855. The Balaban J connectivity index is 1.94. The zero-order valence-corrected chi connectivity index (χ0v) is 15.1. The molecule has 0 bridgehead atoms. The van der Waals surface area contributed by atoms with E-state index in [1.54, 1.807) is 7.11 Å². The third kappa shape index (κ3) is 4.51. The van der Waals surface area contributed by atoms with Crippen LogP contribution in [0.3, 0.4) is 0 Å². The smallest absolute Gasteiger partial charge is 0.319 e. The van der Waals surface area contributed by atoms with Crippen molar-refractivity contribution in [1.29, 1.82) is 0 Å². The minimum atomic E-state index is -0.195. The van der Waals surface area contributed by atoms with E-state index in [0.717, 1.165) is 22.6 Å². The van der Waals surface area contributed by atoms with Crippen molar-refractivity contribution < 1.29 is 9.53 Å². The monoisotopic (exact) mass is 326 g/mol. The second-order valence-electron chi connectivity index (χ2n) is 6.72. The number of carbonyl (C=O) groups is 1. The molecule has 0 aliphatic rings. The molecule has 0 aliphatic heterocycles. The molecule has 2 aromatic rings. The van der Waals surface area contributed by atoms with E-state index in [0.29, 0.717) is 6.54 Å². The molecule has 2 amide bonds. The van der Waals surface area contributed by atoms with Crippen molar-refractivity contribution in [2.24, 2.45) is 0 Å². The van der Waals surface area contributed by atoms with Gasteiger partial charge in [-0.25, -0.2) is 4.79 Å². The van der Waals surface area contributed by atoms with E-state index in [-0.39, 0.29) is 11.4 Å². The third-order valence-corrected chi connectivity index (χ3v) is 4.33. The van der Waals surface area contributed by atoms with Crippen LogP contribution in [0.5, 0.6) is 5.75 Å². The van der Waals surface area contributed by atoms with Crippen LogP contribution < -0.4 is 15.4 Å². The molecule has 0 atom stereocenters. The fourth-order valence-electron chi connectivity index (χ4n) is 2.44. The second-order valence-corrected chi connectivity index (χ2v) is 6.72. The fourth-order valence-corrected chi connectivity index (χ4v) is 2.44. The fraction of sp³-hybridized carbons (Fsp3) is 0.350. The summed E-state index contributed by atoms with van der Waals surface area (Å²) in [6.07, 6.45) is 0. The molecular formula is C20H26N2O2. The van der Waals surface area contributed by atoms with Gasteiger partial charge in [-0.3, -0.25) is 0 Å². The van der Waals surface area contributed by atoms with E-state index >= 15 is 0 Å². The molecule has 4 heteroatoms. The molecule has 0 aromatic heterocycles. The molecule has 128 valence electrons. The number of nitrogens with one attached hydrogen (secondary N) is 2. The first-order valence-corrected chi connectivity index (χ1v) is 8.08. The van der Waals surface area contributed by atoms with Crippen molar-refractivity contribution in [3.63, 3.8) is 0 Å². The number of hydrogen-bond donors (Lipinski definition) is 2. The Hall–Kier alpha value is -2.49. The van der Waals surface area contributed by atoms with Crippen molar-refractivity contribution in [2.45, 2.75) is 33.1 Å².